The van der Waals surface area contributed by atoms with Gasteiger partial charge in [0.1, 0.15) is 4.99 Å². The molecule has 0 heterocycles. The third-order valence-electron chi connectivity index (χ3n) is 2.29. The predicted octanol–water partition coefficient (Wildman–Crippen LogP) is 3.98. The van der Waals surface area contributed by atoms with Crippen LogP contribution in [0.25, 0.3) is 0 Å². The minimum Gasteiger partial charge on any atom is -0.389 e. The standard InChI is InChI=1S/C11H11BrF4N2S/c1-5(4-11(14,15)16)18-7-3-2-6(10(17)19)8(12)9(7)13/h2-3,5,18H,4H2,1H3,(H2,17,19). The Bertz CT molecular complexity index is 490. The number of anilines is 1. The summed E-state index contributed by atoms with van der Waals surface area (Å²) in [5, 5.41) is 2.46. The van der Waals surface area contributed by atoms with Crippen LogP contribution in [0.1, 0.15) is 18.9 Å². The van der Waals surface area contributed by atoms with Gasteiger partial charge in [-0.3, -0.25) is 0 Å². The highest BCUT2D eigenvalue weighted by Crippen LogP contribution is 2.29. The number of nitrogens with two attached hydrogens (primary N) is 1. The predicted molar refractivity (Wildman–Crippen MR) is 73.7 cm³/mol. The number of benzene rings is 1. The van der Waals surface area contributed by atoms with Crippen LogP contribution in [0.3, 0.4) is 0 Å². The van der Waals surface area contributed by atoms with E-state index in [1.165, 1.54) is 19.1 Å². The minimum atomic E-state index is -4.31. The van der Waals surface area contributed by atoms with Crippen molar-refractivity contribution < 1.29 is 17.6 Å². The molecule has 0 saturated carbocycles. The molecule has 0 bridgehead atoms. The maximum Gasteiger partial charge on any atom is 0.391 e. The van der Waals surface area contributed by atoms with Crippen molar-refractivity contribution >= 4 is 38.8 Å². The molecule has 1 aromatic carbocycles. The molecule has 0 amide bonds. The lowest BCUT2D eigenvalue weighted by Gasteiger charge is -2.18. The van der Waals surface area contributed by atoms with E-state index in [4.69, 9.17) is 18.0 Å². The highest BCUT2D eigenvalue weighted by atomic mass is 79.9. The molecule has 0 aromatic heterocycles. The van der Waals surface area contributed by atoms with Crippen molar-refractivity contribution in [3.63, 3.8) is 0 Å². The largest absolute Gasteiger partial charge is 0.391 e. The average Bonchev–Trinajstić information content (AvgIpc) is 2.21. The second-order valence-electron chi connectivity index (χ2n) is 4.02. The smallest absolute Gasteiger partial charge is 0.389 e. The summed E-state index contributed by atoms with van der Waals surface area (Å²) in [6.45, 7) is 1.32. The zero-order valence-corrected chi connectivity index (χ0v) is 12.2. The van der Waals surface area contributed by atoms with Gasteiger partial charge < -0.3 is 11.1 Å². The fourth-order valence-electron chi connectivity index (χ4n) is 1.51. The number of alkyl halides is 3. The van der Waals surface area contributed by atoms with E-state index in [0.29, 0.717) is 5.56 Å². The lowest BCUT2D eigenvalue weighted by molar-refractivity contribution is -0.136. The van der Waals surface area contributed by atoms with Crippen molar-refractivity contribution in [3.05, 3.63) is 28.0 Å². The van der Waals surface area contributed by atoms with E-state index in [0.717, 1.165) is 0 Å². The van der Waals surface area contributed by atoms with Crippen LogP contribution < -0.4 is 11.1 Å². The number of nitrogens with one attached hydrogen (secondary N) is 1. The molecule has 2 nitrogen and oxygen atoms in total. The Kier molecular flexibility index (Phi) is 5.14. The molecule has 0 aliphatic heterocycles. The summed E-state index contributed by atoms with van der Waals surface area (Å²) in [4.78, 5) is 0.000616. The first-order valence-electron chi connectivity index (χ1n) is 5.23. The zero-order valence-electron chi connectivity index (χ0n) is 9.81. The number of hydrogen-bond donors (Lipinski definition) is 2. The topological polar surface area (TPSA) is 38.0 Å². The van der Waals surface area contributed by atoms with Crippen molar-refractivity contribution in [3.8, 4) is 0 Å². The van der Waals surface area contributed by atoms with Crippen LogP contribution in [-0.4, -0.2) is 17.2 Å². The Morgan fingerprint density at radius 3 is 2.53 bits per heavy atom. The van der Waals surface area contributed by atoms with Crippen molar-refractivity contribution in [1.29, 1.82) is 0 Å². The van der Waals surface area contributed by atoms with Crippen LogP contribution in [-0.2, 0) is 0 Å². The molecule has 1 atom stereocenters. The highest BCUT2D eigenvalue weighted by Gasteiger charge is 2.30. The molecular weight excluding hydrogens is 348 g/mol. The molecule has 3 N–H and O–H groups in total. The Labute approximate surface area is 121 Å². The first kappa shape index (κ1) is 16.2. The maximum atomic E-state index is 13.9. The quantitative estimate of drug-likeness (QED) is 0.631. The Balaban J connectivity index is 2.92. The monoisotopic (exact) mass is 358 g/mol. The second-order valence-corrected chi connectivity index (χ2v) is 5.25. The molecule has 19 heavy (non-hydrogen) atoms. The van der Waals surface area contributed by atoms with Gasteiger partial charge in [0.15, 0.2) is 5.82 Å². The molecule has 1 unspecified atom stereocenters. The molecule has 106 valence electrons. The van der Waals surface area contributed by atoms with Crippen LogP contribution in [0.5, 0.6) is 0 Å². The molecule has 0 fully saturated rings. The van der Waals surface area contributed by atoms with E-state index < -0.39 is 24.5 Å². The molecule has 0 spiro atoms. The molecule has 0 aliphatic carbocycles. The highest BCUT2D eigenvalue weighted by molar-refractivity contribution is 9.10. The van der Waals surface area contributed by atoms with Crippen molar-refractivity contribution in [1.82, 2.24) is 0 Å². The van der Waals surface area contributed by atoms with Crippen LogP contribution in [0.4, 0.5) is 23.2 Å². The molecule has 0 saturated heterocycles. The summed E-state index contributed by atoms with van der Waals surface area (Å²) in [6.07, 6.45) is -5.36. The van der Waals surface area contributed by atoms with E-state index >= 15 is 0 Å². The molecule has 1 aromatic rings. The van der Waals surface area contributed by atoms with Crippen LogP contribution in [0.2, 0.25) is 0 Å². The van der Waals surface area contributed by atoms with E-state index in [2.05, 4.69) is 21.2 Å². The third-order valence-corrected chi connectivity index (χ3v) is 3.28. The SMILES string of the molecule is CC(CC(F)(F)F)Nc1ccc(C(N)=S)c(Br)c1F. The van der Waals surface area contributed by atoms with Gasteiger partial charge in [-0.25, -0.2) is 4.39 Å². The molecule has 0 aliphatic rings. The van der Waals surface area contributed by atoms with Gasteiger partial charge in [-0.1, -0.05) is 12.2 Å². The summed E-state index contributed by atoms with van der Waals surface area (Å²) in [5.74, 6) is -0.723. The number of rotatable bonds is 4. The number of thiocarbonyl (C=S) groups is 1. The molecule has 8 heteroatoms. The average molecular weight is 359 g/mol. The van der Waals surface area contributed by atoms with Crippen LogP contribution >= 0.6 is 28.1 Å². The minimum absolute atomic E-state index is 0.000616. The van der Waals surface area contributed by atoms with Crippen molar-refractivity contribution in [2.24, 2.45) is 5.73 Å². The lowest BCUT2D eigenvalue weighted by atomic mass is 10.1. The van der Waals surface area contributed by atoms with Gasteiger partial charge in [0.05, 0.1) is 16.6 Å². The van der Waals surface area contributed by atoms with Crippen molar-refractivity contribution in [2.75, 3.05) is 5.32 Å². The van der Waals surface area contributed by atoms with Gasteiger partial charge in [-0.15, -0.1) is 0 Å². The molecule has 1 rings (SSSR count). The van der Waals surface area contributed by atoms with E-state index in [1.807, 2.05) is 0 Å². The normalized spacial score (nSPS) is 13.2. The third kappa shape index (κ3) is 4.61. The van der Waals surface area contributed by atoms with Crippen LogP contribution in [0.15, 0.2) is 16.6 Å². The fraction of sp³-hybridized carbons (Fsp3) is 0.364. The van der Waals surface area contributed by atoms with Gasteiger partial charge in [0, 0.05) is 11.6 Å². The van der Waals surface area contributed by atoms with Crippen LogP contribution in [0, 0.1) is 5.82 Å². The van der Waals surface area contributed by atoms with Crippen molar-refractivity contribution in [2.45, 2.75) is 25.6 Å². The van der Waals surface area contributed by atoms with Gasteiger partial charge in [0.2, 0.25) is 0 Å². The Morgan fingerprint density at radius 1 is 1.47 bits per heavy atom. The first-order valence-corrected chi connectivity index (χ1v) is 6.43. The molecule has 0 radical (unpaired) electrons. The lowest BCUT2D eigenvalue weighted by Crippen LogP contribution is -2.24. The summed E-state index contributed by atoms with van der Waals surface area (Å²) >= 11 is 7.70. The van der Waals surface area contributed by atoms with Gasteiger partial charge in [-0.2, -0.15) is 13.2 Å². The van der Waals surface area contributed by atoms with Gasteiger partial charge in [0.25, 0.3) is 0 Å². The summed E-state index contributed by atoms with van der Waals surface area (Å²) in [5.41, 5.74) is 5.64. The van der Waals surface area contributed by atoms with Gasteiger partial charge in [-0.05, 0) is 35.0 Å². The van der Waals surface area contributed by atoms with E-state index in [9.17, 15) is 17.6 Å². The summed E-state index contributed by atoms with van der Waals surface area (Å²) in [7, 11) is 0. The number of hydrogen-bond acceptors (Lipinski definition) is 2. The summed E-state index contributed by atoms with van der Waals surface area (Å²) in [6, 6.07) is 1.80. The van der Waals surface area contributed by atoms with E-state index in [1.54, 1.807) is 0 Å². The zero-order chi connectivity index (χ0) is 14.8. The Morgan fingerprint density at radius 2 is 2.05 bits per heavy atom. The fourth-order valence-corrected chi connectivity index (χ4v) is 2.38. The van der Waals surface area contributed by atoms with E-state index in [-0.39, 0.29) is 15.1 Å². The second kappa shape index (κ2) is 6.04. The molecular formula is C11H11BrF4N2S. The first-order chi connectivity index (χ1) is 8.61. The maximum absolute atomic E-state index is 13.9. The Hall–Kier alpha value is -0.890. The number of halogens is 5. The van der Waals surface area contributed by atoms with Gasteiger partial charge >= 0.3 is 6.18 Å². The summed E-state index contributed by atoms with van der Waals surface area (Å²) < 4.78 is 50.5.